The van der Waals surface area contributed by atoms with Gasteiger partial charge in [0.2, 0.25) is 0 Å². The van der Waals surface area contributed by atoms with Crippen molar-refractivity contribution in [2.24, 2.45) is 4.99 Å². The predicted octanol–water partition coefficient (Wildman–Crippen LogP) is 3.11. The second-order valence-electron chi connectivity index (χ2n) is 3.92. The molecule has 0 saturated heterocycles. The maximum absolute atomic E-state index is 6.01. The fourth-order valence-electron chi connectivity index (χ4n) is 1.97. The highest BCUT2D eigenvalue weighted by atomic mass is 14.6. The van der Waals surface area contributed by atoms with Crippen LogP contribution in [0.3, 0.4) is 0 Å². The fourth-order valence-corrected chi connectivity index (χ4v) is 1.97. The van der Waals surface area contributed by atoms with Crippen molar-refractivity contribution in [3.8, 4) is 0 Å². The molecule has 1 aliphatic rings. The number of nitrogens with two attached hydrogens (primary N) is 1. The summed E-state index contributed by atoms with van der Waals surface area (Å²) in [5, 5.41) is 0. The fraction of sp³-hybridized carbons (Fsp3) is 0.133. The standard InChI is InChI=1S/C15H16N2/c1-17-11-5-7-12-6-4-9-13(12)14-8-2-3-10-15(14)16/h2-11,13H,16H2,1H3/b7-5+,17-11+. The Bertz CT molecular complexity index is 507. The molecule has 0 fully saturated rings. The van der Waals surface area contributed by atoms with Gasteiger partial charge in [-0.25, -0.2) is 0 Å². The molecule has 17 heavy (non-hydrogen) atoms. The second-order valence-corrected chi connectivity index (χ2v) is 3.92. The first kappa shape index (κ1) is 11.4. The SMILES string of the molecule is C/N=C/C=C/C1=CC=CC1c1ccccc1N. The largest absolute Gasteiger partial charge is 0.398 e. The maximum Gasteiger partial charge on any atom is 0.0356 e. The lowest BCUT2D eigenvalue weighted by Gasteiger charge is -2.13. The highest BCUT2D eigenvalue weighted by molar-refractivity contribution is 5.72. The summed E-state index contributed by atoms with van der Waals surface area (Å²) in [5.41, 5.74) is 9.24. The maximum atomic E-state index is 6.01. The Labute approximate surface area is 102 Å². The number of aliphatic imine (C=N–C) groups is 1. The Morgan fingerprint density at radius 2 is 2.12 bits per heavy atom. The summed E-state index contributed by atoms with van der Waals surface area (Å²) < 4.78 is 0. The molecular weight excluding hydrogens is 208 g/mol. The number of hydrogen-bond acceptors (Lipinski definition) is 2. The second kappa shape index (κ2) is 5.30. The van der Waals surface area contributed by atoms with Crippen molar-refractivity contribution < 1.29 is 0 Å². The van der Waals surface area contributed by atoms with Gasteiger partial charge in [0.1, 0.15) is 0 Å². The minimum absolute atomic E-state index is 0.262. The molecule has 0 aliphatic heterocycles. The lowest BCUT2D eigenvalue weighted by molar-refractivity contribution is 1.05. The van der Waals surface area contributed by atoms with Crippen LogP contribution in [0.2, 0.25) is 0 Å². The van der Waals surface area contributed by atoms with Crippen LogP contribution < -0.4 is 5.73 Å². The zero-order valence-electron chi connectivity index (χ0n) is 9.88. The Morgan fingerprint density at radius 3 is 2.88 bits per heavy atom. The van der Waals surface area contributed by atoms with E-state index >= 15 is 0 Å². The first-order valence-electron chi connectivity index (χ1n) is 5.64. The van der Waals surface area contributed by atoms with Crippen molar-refractivity contribution in [1.82, 2.24) is 0 Å². The average Bonchev–Trinajstić information content (AvgIpc) is 2.78. The first-order valence-corrected chi connectivity index (χ1v) is 5.64. The van der Waals surface area contributed by atoms with Gasteiger partial charge in [-0.05, 0) is 23.3 Å². The van der Waals surface area contributed by atoms with E-state index in [9.17, 15) is 0 Å². The van der Waals surface area contributed by atoms with Crippen molar-refractivity contribution in [2.45, 2.75) is 5.92 Å². The van der Waals surface area contributed by atoms with Gasteiger partial charge in [-0.15, -0.1) is 0 Å². The van der Waals surface area contributed by atoms with E-state index in [2.05, 4.69) is 35.4 Å². The zero-order valence-corrected chi connectivity index (χ0v) is 9.88. The summed E-state index contributed by atoms with van der Waals surface area (Å²) >= 11 is 0. The average molecular weight is 224 g/mol. The molecule has 2 nitrogen and oxygen atoms in total. The number of anilines is 1. The lowest BCUT2D eigenvalue weighted by Crippen LogP contribution is -2.00. The normalized spacial score (nSPS) is 19.4. The van der Waals surface area contributed by atoms with E-state index in [0.717, 1.165) is 11.3 Å². The highest BCUT2D eigenvalue weighted by Crippen LogP contribution is 2.33. The summed E-state index contributed by atoms with van der Waals surface area (Å²) in [6.45, 7) is 0. The van der Waals surface area contributed by atoms with Crippen molar-refractivity contribution in [3.05, 3.63) is 65.8 Å². The van der Waals surface area contributed by atoms with E-state index in [1.807, 2.05) is 24.3 Å². The molecule has 0 bridgehead atoms. The van der Waals surface area contributed by atoms with Crippen LogP contribution in [0.1, 0.15) is 11.5 Å². The molecule has 0 amide bonds. The van der Waals surface area contributed by atoms with Gasteiger partial charge in [-0.2, -0.15) is 0 Å². The summed E-state index contributed by atoms with van der Waals surface area (Å²) in [4.78, 5) is 3.93. The molecule has 0 radical (unpaired) electrons. The van der Waals surface area contributed by atoms with E-state index in [-0.39, 0.29) is 5.92 Å². The molecule has 1 aliphatic carbocycles. The smallest absolute Gasteiger partial charge is 0.0356 e. The molecule has 0 spiro atoms. The molecule has 2 heteroatoms. The molecular formula is C15H16N2. The first-order chi connectivity index (χ1) is 8.33. The van der Waals surface area contributed by atoms with Crippen LogP contribution >= 0.6 is 0 Å². The molecule has 2 rings (SSSR count). The Kier molecular flexibility index (Phi) is 3.55. The quantitative estimate of drug-likeness (QED) is 0.621. The Balaban J connectivity index is 2.25. The van der Waals surface area contributed by atoms with Crippen LogP contribution in [0.25, 0.3) is 0 Å². The topological polar surface area (TPSA) is 38.4 Å². The predicted molar refractivity (Wildman–Crippen MR) is 74.4 cm³/mol. The van der Waals surface area contributed by atoms with E-state index in [1.54, 1.807) is 13.3 Å². The lowest BCUT2D eigenvalue weighted by atomic mass is 9.92. The van der Waals surface area contributed by atoms with Gasteiger partial charge in [-0.1, -0.05) is 42.5 Å². The van der Waals surface area contributed by atoms with Gasteiger partial charge >= 0.3 is 0 Å². The Hall–Kier alpha value is -2.09. The number of nitrogen functional groups attached to an aromatic ring is 1. The summed E-state index contributed by atoms with van der Waals surface area (Å²) in [6.07, 6.45) is 12.1. The van der Waals surface area contributed by atoms with Crippen LogP contribution in [-0.2, 0) is 0 Å². The van der Waals surface area contributed by atoms with Gasteiger partial charge in [0.25, 0.3) is 0 Å². The molecule has 1 unspecified atom stereocenters. The van der Waals surface area contributed by atoms with Crippen molar-refractivity contribution in [3.63, 3.8) is 0 Å². The van der Waals surface area contributed by atoms with E-state index in [0.29, 0.717) is 0 Å². The summed E-state index contributed by atoms with van der Waals surface area (Å²) in [5.74, 6) is 0.262. The van der Waals surface area contributed by atoms with Crippen molar-refractivity contribution >= 4 is 11.9 Å². The van der Waals surface area contributed by atoms with Crippen LogP contribution in [0, 0.1) is 0 Å². The monoisotopic (exact) mass is 224 g/mol. The molecule has 2 N–H and O–H groups in total. The number of hydrogen-bond donors (Lipinski definition) is 1. The van der Waals surface area contributed by atoms with Crippen LogP contribution in [0.5, 0.6) is 0 Å². The van der Waals surface area contributed by atoms with Crippen molar-refractivity contribution in [1.29, 1.82) is 0 Å². The van der Waals surface area contributed by atoms with E-state index < -0.39 is 0 Å². The van der Waals surface area contributed by atoms with Gasteiger partial charge in [0, 0.05) is 24.9 Å². The number of nitrogens with zero attached hydrogens (tertiary/aromatic N) is 1. The molecule has 0 heterocycles. The number of para-hydroxylation sites is 1. The zero-order chi connectivity index (χ0) is 12.1. The minimum atomic E-state index is 0.262. The van der Waals surface area contributed by atoms with Gasteiger partial charge in [0.15, 0.2) is 0 Å². The third kappa shape index (κ3) is 2.53. The minimum Gasteiger partial charge on any atom is -0.398 e. The molecule has 0 saturated carbocycles. The molecule has 1 aromatic rings. The van der Waals surface area contributed by atoms with Gasteiger partial charge in [0.05, 0.1) is 0 Å². The molecule has 1 atom stereocenters. The van der Waals surface area contributed by atoms with Gasteiger partial charge in [-0.3, -0.25) is 4.99 Å². The number of benzene rings is 1. The van der Waals surface area contributed by atoms with E-state index in [1.165, 1.54) is 5.57 Å². The van der Waals surface area contributed by atoms with Crippen LogP contribution in [0.4, 0.5) is 5.69 Å². The number of rotatable bonds is 3. The summed E-state index contributed by atoms with van der Waals surface area (Å²) in [6, 6.07) is 7.99. The van der Waals surface area contributed by atoms with Gasteiger partial charge < -0.3 is 5.73 Å². The third-order valence-corrected chi connectivity index (χ3v) is 2.81. The van der Waals surface area contributed by atoms with Crippen molar-refractivity contribution in [2.75, 3.05) is 12.8 Å². The van der Waals surface area contributed by atoms with Crippen LogP contribution in [0.15, 0.2) is 65.2 Å². The van der Waals surface area contributed by atoms with Crippen LogP contribution in [-0.4, -0.2) is 13.3 Å². The third-order valence-electron chi connectivity index (χ3n) is 2.81. The Morgan fingerprint density at radius 1 is 1.29 bits per heavy atom. The molecule has 0 aromatic heterocycles. The highest BCUT2D eigenvalue weighted by Gasteiger charge is 2.16. The summed E-state index contributed by atoms with van der Waals surface area (Å²) in [7, 11) is 1.76. The number of allylic oxidation sites excluding steroid dienone is 6. The molecule has 86 valence electrons. The molecule has 1 aromatic carbocycles. The van der Waals surface area contributed by atoms with E-state index in [4.69, 9.17) is 5.73 Å².